The fourth-order valence-corrected chi connectivity index (χ4v) is 1.80. The molecule has 0 radical (unpaired) electrons. The summed E-state index contributed by atoms with van der Waals surface area (Å²) in [4.78, 5) is 3.99. The van der Waals surface area contributed by atoms with E-state index < -0.39 is 0 Å². The van der Waals surface area contributed by atoms with E-state index in [1.54, 1.807) is 43.6 Å². The van der Waals surface area contributed by atoms with Crippen molar-refractivity contribution < 1.29 is 14.6 Å². The van der Waals surface area contributed by atoms with E-state index in [4.69, 9.17) is 25.7 Å². The number of nitrogens with two attached hydrogens (primary N) is 1. The molecule has 0 atom stereocenters. The largest absolute Gasteiger partial charge is 0.493 e. The number of aromatic nitrogens is 1. The fourth-order valence-electron chi connectivity index (χ4n) is 1.80. The zero-order chi connectivity index (χ0) is 15.2. The minimum absolute atomic E-state index is 0.0526. The zero-order valence-electron chi connectivity index (χ0n) is 11.7. The van der Waals surface area contributed by atoms with Gasteiger partial charge in [-0.2, -0.15) is 0 Å². The molecule has 1 aromatic heterocycles. The first-order chi connectivity index (χ1) is 10.1. The van der Waals surface area contributed by atoms with Gasteiger partial charge in [-0.05, 0) is 35.4 Å². The number of aliphatic hydroxyl groups is 1. The Morgan fingerprint density at radius 1 is 1.24 bits per heavy atom. The Labute approximate surface area is 122 Å². The van der Waals surface area contributed by atoms with E-state index in [9.17, 15) is 0 Å². The van der Waals surface area contributed by atoms with Crippen LogP contribution in [0.1, 0.15) is 16.8 Å². The summed E-state index contributed by atoms with van der Waals surface area (Å²) in [5.74, 6) is 1.06. The number of hydrogen-bond acceptors (Lipinski definition) is 5. The third-order valence-electron chi connectivity index (χ3n) is 2.91. The number of nitrogens with one attached hydrogen (secondary N) is 1. The van der Waals surface area contributed by atoms with Crippen LogP contribution in [0.25, 0.3) is 0 Å². The molecule has 0 aliphatic rings. The quantitative estimate of drug-likeness (QED) is 0.551. The first-order valence-corrected chi connectivity index (χ1v) is 6.34. The smallest absolute Gasteiger partial charge is 0.161 e. The van der Waals surface area contributed by atoms with E-state index in [0.717, 1.165) is 11.1 Å². The first-order valence-electron chi connectivity index (χ1n) is 6.34. The number of nitrogens with zero attached hydrogens (tertiary/aromatic N) is 1. The molecule has 6 heteroatoms. The summed E-state index contributed by atoms with van der Waals surface area (Å²) in [6.45, 7) is 0.251. The predicted molar refractivity (Wildman–Crippen MR) is 78.5 cm³/mol. The van der Waals surface area contributed by atoms with Crippen molar-refractivity contribution in [2.75, 3.05) is 7.11 Å². The fraction of sp³-hybridized carbons (Fsp3) is 0.200. The molecule has 6 nitrogen and oxygen atoms in total. The highest BCUT2D eigenvalue weighted by atomic mass is 16.5. The molecule has 1 heterocycles. The average Bonchev–Trinajstić information content (AvgIpc) is 2.53. The topological polar surface area (TPSA) is 101 Å². The normalized spacial score (nSPS) is 10.2. The molecule has 0 saturated heterocycles. The van der Waals surface area contributed by atoms with E-state index in [0.29, 0.717) is 23.8 Å². The van der Waals surface area contributed by atoms with Crippen molar-refractivity contribution in [2.24, 2.45) is 5.73 Å². The summed E-state index contributed by atoms with van der Waals surface area (Å²) < 4.78 is 10.9. The number of nitrogen functional groups attached to an aromatic ring is 1. The SMILES string of the molecule is COc1cc(CO)ccc1OCc1ccnc(C(=N)N)c1. The van der Waals surface area contributed by atoms with Gasteiger partial charge < -0.3 is 20.3 Å². The molecule has 0 bridgehead atoms. The molecule has 0 aliphatic carbocycles. The van der Waals surface area contributed by atoms with Gasteiger partial charge in [0.1, 0.15) is 18.1 Å². The highest BCUT2D eigenvalue weighted by molar-refractivity contribution is 5.93. The lowest BCUT2D eigenvalue weighted by molar-refractivity contribution is 0.274. The van der Waals surface area contributed by atoms with Crippen LogP contribution < -0.4 is 15.2 Å². The minimum Gasteiger partial charge on any atom is -0.493 e. The number of pyridine rings is 1. The summed E-state index contributed by atoms with van der Waals surface area (Å²) >= 11 is 0. The Morgan fingerprint density at radius 3 is 2.71 bits per heavy atom. The molecular weight excluding hydrogens is 270 g/mol. The number of amidine groups is 1. The summed E-state index contributed by atoms with van der Waals surface area (Å²) in [6.07, 6.45) is 1.58. The lowest BCUT2D eigenvalue weighted by atomic mass is 10.2. The molecule has 0 unspecified atom stereocenters. The molecule has 0 amide bonds. The molecule has 0 saturated carbocycles. The van der Waals surface area contributed by atoms with Crippen molar-refractivity contribution in [3.05, 3.63) is 53.3 Å². The molecule has 1 aromatic carbocycles. The molecule has 0 fully saturated rings. The van der Waals surface area contributed by atoms with Crippen molar-refractivity contribution in [1.82, 2.24) is 4.98 Å². The Morgan fingerprint density at radius 2 is 2.05 bits per heavy atom. The zero-order valence-corrected chi connectivity index (χ0v) is 11.7. The second kappa shape index (κ2) is 6.71. The van der Waals surface area contributed by atoms with Crippen LogP contribution in [-0.4, -0.2) is 23.0 Å². The second-order valence-electron chi connectivity index (χ2n) is 4.40. The summed E-state index contributed by atoms with van der Waals surface area (Å²) in [6, 6.07) is 8.74. The Bertz CT molecular complexity index is 644. The highest BCUT2D eigenvalue weighted by Crippen LogP contribution is 2.28. The third kappa shape index (κ3) is 3.70. The number of methoxy groups -OCH3 is 1. The summed E-state index contributed by atoms with van der Waals surface area (Å²) in [5, 5.41) is 16.5. The molecule has 4 N–H and O–H groups in total. The minimum atomic E-state index is -0.0817. The molecule has 21 heavy (non-hydrogen) atoms. The number of benzene rings is 1. The number of hydrogen-bond donors (Lipinski definition) is 3. The van der Waals surface area contributed by atoms with Gasteiger partial charge in [-0.15, -0.1) is 0 Å². The van der Waals surface area contributed by atoms with Crippen LogP contribution in [0, 0.1) is 5.41 Å². The molecule has 110 valence electrons. The second-order valence-corrected chi connectivity index (χ2v) is 4.40. The van der Waals surface area contributed by atoms with Gasteiger partial charge in [0.05, 0.1) is 13.7 Å². The number of aliphatic hydroxyl groups excluding tert-OH is 1. The van der Waals surface area contributed by atoms with Crippen molar-refractivity contribution in [2.45, 2.75) is 13.2 Å². The van der Waals surface area contributed by atoms with Crippen LogP contribution >= 0.6 is 0 Å². The van der Waals surface area contributed by atoms with Gasteiger partial charge in [0, 0.05) is 6.20 Å². The molecular formula is C15H17N3O3. The summed E-state index contributed by atoms with van der Waals surface area (Å²) in [5.41, 5.74) is 7.42. The van der Waals surface area contributed by atoms with Crippen molar-refractivity contribution >= 4 is 5.84 Å². The number of ether oxygens (including phenoxy) is 2. The van der Waals surface area contributed by atoms with Gasteiger partial charge in [-0.3, -0.25) is 10.4 Å². The maximum absolute atomic E-state index is 9.10. The van der Waals surface area contributed by atoms with Gasteiger partial charge in [0.2, 0.25) is 0 Å². The van der Waals surface area contributed by atoms with Crippen LogP contribution in [-0.2, 0) is 13.2 Å². The van der Waals surface area contributed by atoms with Crippen molar-refractivity contribution in [3.63, 3.8) is 0 Å². The van der Waals surface area contributed by atoms with E-state index in [2.05, 4.69) is 4.98 Å². The maximum atomic E-state index is 9.10. The van der Waals surface area contributed by atoms with Gasteiger partial charge in [-0.1, -0.05) is 6.07 Å². The van der Waals surface area contributed by atoms with Gasteiger partial charge in [-0.25, -0.2) is 0 Å². The highest BCUT2D eigenvalue weighted by Gasteiger charge is 2.07. The van der Waals surface area contributed by atoms with Gasteiger partial charge >= 0.3 is 0 Å². The third-order valence-corrected chi connectivity index (χ3v) is 2.91. The van der Waals surface area contributed by atoms with E-state index in [1.807, 2.05) is 0 Å². The summed E-state index contributed by atoms with van der Waals surface area (Å²) in [7, 11) is 1.55. The Hall–Kier alpha value is -2.60. The standard InChI is InChI=1S/C15H17N3O3/c1-20-14-7-10(8-19)2-3-13(14)21-9-11-4-5-18-12(6-11)15(16)17/h2-7,19H,8-9H2,1H3,(H3,16,17). The number of rotatable bonds is 6. The van der Waals surface area contributed by atoms with Gasteiger partial charge in [0.25, 0.3) is 0 Å². The lowest BCUT2D eigenvalue weighted by Crippen LogP contribution is -2.13. The molecule has 0 spiro atoms. The molecule has 0 aliphatic heterocycles. The molecule has 2 aromatic rings. The molecule has 2 rings (SSSR count). The van der Waals surface area contributed by atoms with Crippen LogP contribution in [0.3, 0.4) is 0 Å². The lowest BCUT2D eigenvalue weighted by Gasteiger charge is -2.12. The maximum Gasteiger partial charge on any atom is 0.161 e. The van der Waals surface area contributed by atoms with Crippen LogP contribution in [0.4, 0.5) is 0 Å². The van der Waals surface area contributed by atoms with E-state index in [-0.39, 0.29) is 12.4 Å². The Kier molecular flexibility index (Phi) is 4.73. The van der Waals surface area contributed by atoms with Crippen LogP contribution in [0.2, 0.25) is 0 Å². The first kappa shape index (κ1) is 14.8. The van der Waals surface area contributed by atoms with Crippen LogP contribution in [0.5, 0.6) is 11.5 Å². The van der Waals surface area contributed by atoms with E-state index >= 15 is 0 Å². The van der Waals surface area contributed by atoms with Gasteiger partial charge in [0.15, 0.2) is 11.5 Å². The van der Waals surface area contributed by atoms with Crippen LogP contribution in [0.15, 0.2) is 36.5 Å². The Balaban J connectivity index is 2.12. The average molecular weight is 287 g/mol. The van der Waals surface area contributed by atoms with E-state index in [1.165, 1.54) is 0 Å². The monoisotopic (exact) mass is 287 g/mol. The van der Waals surface area contributed by atoms with Crippen molar-refractivity contribution in [1.29, 1.82) is 5.41 Å². The van der Waals surface area contributed by atoms with Crippen molar-refractivity contribution in [3.8, 4) is 11.5 Å². The predicted octanol–water partition coefficient (Wildman–Crippen LogP) is 1.45.